The van der Waals surface area contributed by atoms with E-state index in [4.69, 9.17) is 0 Å². The summed E-state index contributed by atoms with van der Waals surface area (Å²) in [4.78, 5) is 0.561. The molecule has 0 saturated carbocycles. The minimum absolute atomic E-state index is 0.120. The maximum atomic E-state index is 16.2. The number of rotatable bonds is 5. The van der Waals surface area contributed by atoms with Crippen molar-refractivity contribution in [3.05, 3.63) is 131 Å². The lowest BCUT2D eigenvalue weighted by Crippen LogP contribution is -2.49. The first-order valence-corrected chi connectivity index (χ1v) is 14.8. The van der Waals surface area contributed by atoms with E-state index in [9.17, 15) is 0 Å². The zero-order chi connectivity index (χ0) is 29.3. The number of benzene rings is 4. The van der Waals surface area contributed by atoms with Gasteiger partial charge in [-0.2, -0.15) is 26.3 Å². The lowest BCUT2D eigenvalue weighted by atomic mass is 9.89. The van der Waals surface area contributed by atoms with Crippen molar-refractivity contribution in [2.24, 2.45) is 0 Å². The Morgan fingerprint density at radius 1 is 0.500 bits per heavy atom. The van der Waals surface area contributed by atoms with Crippen molar-refractivity contribution in [2.45, 2.75) is 24.2 Å². The average molecular weight is 607 g/mol. The maximum absolute atomic E-state index is 16.2. The predicted octanol–water partition coefficient (Wildman–Crippen LogP) is 11.2. The Hall–Kier alpha value is -3.88. The highest BCUT2D eigenvalue weighted by atomic mass is 32.1. The van der Waals surface area contributed by atoms with E-state index in [1.165, 1.54) is 12.1 Å². The van der Waals surface area contributed by atoms with E-state index in [2.05, 4.69) is 0 Å². The van der Waals surface area contributed by atoms with Crippen LogP contribution in [0.4, 0.5) is 26.3 Å². The van der Waals surface area contributed by atoms with E-state index in [0.717, 1.165) is 28.2 Å². The molecule has 0 unspecified atom stereocenters. The SMILES string of the molecule is FC1(F)C(c2c(Cc3ccccc3)sc3ccccc23)=C(c2c(-c3ccccc3)sc3ccccc23)C(F)(F)C1(F)F. The molecule has 42 heavy (non-hydrogen) atoms. The molecular formula is C34H20F6S2. The molecule has 1 aliphatic carbocycles. The van der Waals surface area contributed by atoms with Gasteiger partial charge in [0.25, 0.3) is 0 Å². The van der Waals surface area contributed by atoms with Crippen molar-refractivity contribution < 1.29 is 26.3 Å². The van der Waals surface area contributed by atoms with Gasteiger partial charge in [0.1, 0.15) is 0 Å². The number of hydrogen-bond donors (Lipinski definition) is 0. The summed E-state index contributed by atoms with van der Waals surface area (Å²) in [7, 11) is 0. The number of halogens is 6. The number of allylic oxidation sites excluding steroid dienone is 2. The van der Waals surface area contributed by atoms with E-state index in [0.29, 0.717) is 19.8 Å². The topological polar surface area (TPSA) is 0 Å². The molecule has 0 N–H and O–H groups in total. The van der Waals surface area contributed by atoms with Crippen LogP contribution in [0.5, 0.6) is 0 Å². The number of alkyl halides is 6. The monoisotopic (exact) mass is 606 g/mol. The van der Waals surface area contributed by atoms with Gasteiger partial charge in [0, 0.05) is 58.6 Å². The first-order chi connectivity index (χ1) is 20.1. The van der Waals surface area contributed by atoms with E-state index in [1.54, 1.807) is 97.1 Å². The second-order valence-electron chi connectivity index (χ2n) is 10.2. The molecule has 0 atom stereocenters. The third-order valence-corrected chi connectivity index (χ3v) is 10.1. The zero-order valence-electron chi connectivity index (χ0n) is 21.7. The van der Waals surface area contributed by atoms with Crippen molar-refractivity contribution in [3.8, 4) is 10.4 Å². The van der Waals surface area contributed by atoms with Crippen LogP contribution in [-0.2, 0) is 6.42 Å². The van der Waals surface area contributed by atoms with E-state index in [1.807, 2.05) is 0 Å². The molecular weight excluding hydrogens is 586 g/mol. The van der Waals surface area contributed by atoms with Crippen LogP contribution in [0.2, 0.25) is 0 Å². The largest absolute Gasteiger partial charge is 0.380 e. The maximum Gasteiger partial charge on any atom is 0.380 e. The Kier molecular flexibility index (Phi) is 6.15. The van der Waals surface area contributed by atoms with Crippen molar-refractivity contribution in [3.63, 3.8) is 0 Å². The zero-order valence-corrected chi connectivity index (χ0v) is 23.3. The van der Waals surface area contributed by atoms with Gasteiger partial charge < -0.3 is 0 Å². The summed E-state index contributed by atoms with van der Waals surface area (Å²) in [6.07, 6.45) is 0.120. The fourth-order valence-corrected chi connectivity index (χ4v) is 8.21. The first kappa shape index (κ1) is 27.0. The van der Waals surface area contributed by atoms with Gasteiger partial charge >= 0.3 is 17.8 Å². The second kappa shape index (κ2) is 9.57. The summed E-state index contributed by atoms with van der Waals surface area (Å²) < 4.78 is 96.9. The molecule has 2 aromatic heterocycles. The van der Waals surface area contributed by atoms with Crippen LogP contribution in [0.25, 0.3) is 41.8 Å². The van der Waals surface area contributed by atoms with Crippen molar-refractivity contribution >= 4 is 54.0 Å². The van der Waals surface area contributed by atoms with Gasteiger partial charge in [-0.15, -0.1) is 22.7 Å². The Balaban J connectivity index is 1.64. The Morgan fingerprint density at radius 2 is 0.976 bits per heavy atom. The fraction of sp³-hybridized carbons (Fsp3) is 0.118. The third kappa shape index (κ3) is 3.81. The van der Waals surface area contributed by atoms with Crippen LogP contribution < -0.4 is 0 Å². The predicted molar refractivity (Wildman–Crippen MR) is 160 cm³/mol. The molecule has 0 spiro atoms. The third-order valence-electron chi connectivity index (χ3n) is 7.67. The molecule has 8 heteroatoms. The first-order valence-electron chi connectivity index (χ1n) is 13.1. The molecule has 0 fully saturated rings. The van der Waals surface area contributed by atoms with Crippen LogP contribution in [0, 0.1) is 0 Å². The summed E-state index contributed by atoms with van der Waals surface area (Å²) in [5, 5.41) is 0.473. The summed E-state index contributed by atoms with van der Waals surface area (Å²) in [6.45, 7) is 0. The smallest absolute Gasteiger partial charge is 0.194 e. The lowest BCUT2D eigenvalue weighted by Gasteiger charge is -2.26. The molecule has 1 aliphatic rings. The molecule has 0 amide bonds. The van der Waals surface area contributed by atoms with E-state index >= 15 is 26.3 Å². The number of hydrogen-bond acceptors (Lipinski definition) is 2. The molecule has 210 valence electrons. The van der Waals surface area contributed by atoms with Gasteiger partial charge in [0.2, 0.25) is 0 Å². The van der Waals surface area contributed by atoms with Crippen LogP contribution in [-0.4, -0.2) is 17.8 Å². The van der Waals surface area contributed by atoms with Crippen LogP contribution >= 0.6 is 22.7 Å². The average Bonchev–Trinajstić information content (AvgIpc) is 3.57. The van der Waals surface area contributed by atoms with Crippen LogP contribution in [0.1, 0.15) is 21.6 Å². The molecule has 0 radical (unpaired) electrons. The standard InChI is InChI=1S/C34H20F6S2/c35-32(36)29(27-22-15-7-9-17-24(22)41-26(27)19-20-11-3-1-4-12-20)30(33(37,38)34(32,39)40)28-23-16-8-10-18-25(23)42-31(28)21-13-5-2-6-14-21/h1-18H,19H2. The van der Waals surface area contributed by atoms with Gasteiger partial charge in [-0.05, 0) is 23.3 Å². The van der Waals surface area contributed by atoms with Gasteiger partial charge in [-0.3, -0.25) is 0 Å². The molecule has 0 nitrogen and oxygen atoms in total. The van der Waals surface area contributed by atoms with Gasteiger partial charge in [0.15, 0.2) is 0 Å². The summed E-state index contributed by atoms with van der Waals surface area (Å²) in [6, 6.07) is 30.4. The Bertz CT molecular complexity index is 1980. The second-order valence-corrected chi connectivity index (χ2v) is 12.4. The van der Waals surface area contributed by atoms with Gasteiger partial charge in [-0.25, -0.2) is 0 Å². The Morgan fingerprint density at radius 3 is 1.60 bits per heavy atom. The van der Waals surface area contributed by atoms with Crippen molar-refractivity contribution in [1.82, 2.24) is 0 Å². The summed E-state index contributed by atoms with van der Waals surface area (Å²) in [5.41, 5.74) is -1.91. The highest BCUT2D eigenvalue weighted by Gasteiger charge is 2.80. The Labute approximate surface area is 245 Å². The molecule has 6 aromatic rings. The lowest BCUT2D eigenvalue weighted by molar-refractivity contribution is -0.254. The molecule has 2 heterocycles. The van der Waals surface area contributed by atoms with Crippen LogP contribution in [0.3, 0.4) is 0 Å². The molecule has 0 aliphatic heterocycles. The fourth-order valence-electron chi connectivity index (χ4n) is 5.75. The van der Waals surface area contributed by atoms with Gasteiger partial charge in [-0.1, -0.05) is 97.1 Å². The van der Waals surface area contributed by atoms with Gasteiger partial charge in [0.05, 0.1) is 0 Å². The number of thiophene rings is 2. The normalized spacial score (nSPS) is 17.4. The van der Waals surface area contributed by atoms with Crippen LogP contribution in [0.15, 0.2) is 109 Å². The van der Waals surface area contributed by atoms with E-state index < -0.39 is 28.9 Å². The summed E-state index contributed by atoms with van der Waals surface area (Å²) >= 11 is 2.28. The van der Waals surface area contributed by atoms with Crippen molar-refractivity contribution in [2.75, 3.05) is 0 Å². The highest BCUT2D eigenvalue weighted by Crippen LogP contribution is 2.67. The molecule has 4 aromatic carbocycles. The van der Waals surface area contributed by atoms with Crippen molar-refractivity contribution in [1.29, 1.82) is 0 Å². The molecule has 0 saturated heterocycles. The van der Waals surface area contributed by atoms with E-state index in [-0.39, 0.29) is 33.2 Å². The molecule has 0 bridgehead atoms. The minimum atomic E-state index is -5.66. The minimum Gasteiger partial charge on any atom is -0.194 e. The molecule has 7 rings (SSSR count). The number of fused-ring (bicyclic) bond motifs is 2. The summed E-state index contributed by atoms with van der Waals surface area (Å²) in [5.74, 6) is -16.0. The quantitative estimate of drug-likeness (QED) is 0.171. The highest BCUT2D eigenvalue weighted by molar-refractivity contribution is 7.22.